The van der Waals surface area contributed by atoms with Gasteiger partial charge in [0.2, 0.25) is 0 Å². The number of hydrogen-bond donors (Lipinski definition) is 0. The first kappa shape index (κ1) is 22.6. The van der Waals surface area contributed by atoms with Crippen molar-refractivity contribution in [1.29, 1.82) is 0 Å². The topological polar surface area (TPSA) is 9.86 Å². The van der Waals surface area contributed by atoms with Gasteiger partial charge in [0.05, 0.1) is 11.0 Å². The zero-order valence-corrected chi connectivity index (χ0v) is 23.6. The Kier molecular flexibility index (Phi) is 4.11. The van der Waals surface area contributed by atoms with Gasteiger partial charge in [-0.1, -0.05) is 123 Å². The molecule has 0 fully saturated rings. The summed E-state index contributed by atoms with van der Waals surface area (Å²) < 4.78 is 5.19. The normalized spacial score (nSPS) is 14.6. The predicted octanol–water partition coefficient (Wildman–Crippen LogP) is 8.17. The van der Waals surface area contributed by atoms with Gasteiger partial charge in [0.1, 0.15) is 0 Å². The highest BCUT2D eigenvalue weighted by molar-refractivity contribution is 6.88. The molecule has 0 bridgehead atoms. The molecule has 2 nitrogen and oxygen atoms in total. The van der Waals surface area contributed by atoms with E-state index >= 15 is 0 Å². The summed E-state index contributed by atoms with van der Waals surface area (Å²) in [6.45, 7) is 4.86. The van der Waals surface area contributed by atoms with E-state index in [1.807, 2.05) is 0 Å². The maximum atomic E-state index is 2.69. The first-order valence-corrected chi connectivity index (χ1v) is 14.9. The summed E-state index contributed by atoms with van der Waals surface area (Å²) in [5.41, 5.74) is 14.7. The van der Waals surface area contributed by atoms with Crippen LogP contribution in [0.15, 0.2) is 127 Å². The van der Waals surface area contributed by atoms with E-state index in [1.165, 1.54) is 82.5 Å². The van der Waals surface area contributed by atoms with Crippen LogP contribution < -0.4 is 10.9 Å². The molecule has 3 heteroatoms. The molecule has 2 aromatic heterocycles. The Hall–Kier alpha value is -5.02. The highest BCUT2D eigenvalue weighted by Gasteiger charge is 2.41. The molecular weight excluding hydrogens is 507 g/mol. The molecule has 2 aliphatic rings. The summed E-state index contributed by atoms with van der Waals surface area (Å²) in [5.74, 6) is 0. The van der Waals surface area contributed by atoms with Crippen LogP contribution in [-0.2, 0) is 5.41 Å². The van der Waals surface area contributed by atoms with Crippen LogP contribution in [0.3, 0.4) is 0 Å². The lowest BCUT2D eigenvalue weighted by molar-refractivity contribution is 0.664. The second-order valence-corrected chi connectivity index (χ2v) is 12.5. The van der Waals surface area contributed by atoms with Gasteiger partial charge >= 0.3 is 6.85 Å². The van der Waals surface area contributed by atoms with E-state index in [2.05, 4.69) is 150 Å². The van der Waals surface area contributed by atoms with Crippen molar-refractivity contribution in [2.24, 2.45) is 0 Å². The maximum absolute atomic E-state index is 2.69. The lowest BCUT2D eigenvalue weighted by Crippen LogP contribution is -2.53. The average Bonchev–Trinajstić information content (AvgIpc) is 3.63. The second-order valence-electron chi connectivity index (χ2n) is 12.5. The van der Waals surface area contributed by atoms with Gasteiger partial charge in [-0.15, -0.1) is 0 Å². The molecule has 0 saturated carbocycles. The Morgan fingerprint density at radius 2 is 1.14 bits per heavy atom. The van der Waals surface area contributed by atoms with E-state index in [9.17, 15) is 0 Å². The number of fused-ring (bicyclic) bond motifs is 12. The summed E-state index contributed by atoms with van der Waals surface area (Å²) >= 11 is 0. The lowest BCUT2D eigenvalue weighted by atomic mass is 9.48. The number of rotatable bonds is 1. The Labute approximate surface area is 244 Å². The fourth-order valence-electron chi connectivity index (χ4n) is 8.50. The van der Waals surface area contributed by atoms with Crippen LogP contribution in [0.25, 0.3) is 60.4 Å². The van der Waals surface area contributed by atoms with Crippen molar-refractivity contribution >= 4 is 61.4 Å². The van der Waals surface area contributed by atoms with Gasteiger partial charge < -0.3 is 9.05 Å². The molecule has 0 amide bonds. The van der Waals surface area contributed by atoms with Gasteiger partial charge in [-0.25, -0.2) is 0 Å². The van der Waals surface area contributed by atoms with Crippen molar-refractivity contribution < 1.29 is 0 Å². The molecule has 0 spiro atoms. The van der Waals surface area contributed by atoms with Crippen molar-refractivity contribution in [2.45, 2.75) is 19.3 Å². The van der Waals surface area contributed by atoms with Crippen molar-refractivity contribution in [2.75, 3.05) is 0 Å². The summed E-state index contributed by atoms with van der Waals surface area (Å²) in [5, 5.41) is 5.28. The van der Waals surface area contributed by atoms with Gasteiger partial charge in [0.25, 0.3) is 0 Å². The molecule has 0 atom stereocenters. The Morgan fingerprint density at radius 3 is 2.02 bits per heavy atom. The molecule has 0 saturated heterocycles. The first-order chi connectivity index (χ1) is 20.6. The van der Waals surface area contributed by atoms with Gasteiger partial charge in [-0.05, 0) is 51.4 Å². The van der Waals surface area contributed by atoms with Gasteiger partial charge in [-0.2, -0.15) is 0 Å². The van der Waals surface area contributed by atoms with Crippen LogP contribution in [0.1, 0.15) is 25.0 Å². The van der Waals surface area contributed by atoms with Crippen molar-refractivity contribution in [3.8, 4) is 16.8 Å². The number of para-hydroxylation sites is 4. The highest BCUT2D eigenvalue weighted by atomic mass is 15.0. The molecule has 1 aliphatic carbocycles. The molecule has 1 aliphatic heterocycles. The fourth-order valence-corrected chi connectivity index (χ4v) is 8.50. The van der Waals surface area contributed by atoms with Crippen molar-refractivity contribution in [1.82, 2.24) is 9.05 Å². The summed E-state index contributed by atoms with van der Waals surface area (Å²) in [6, 6.07) is 47.6. The van der Waals surface area contributed by atoms with E-state index < -0.39 is 0 Å². The third-order valence-electron chi connectivity index (χ3n) is 10.1. The smallest absolute Gasteiger partial charge is 0.332 e. The minimum Gasteiger partial charge on any atom is -0.376 e. The lowest BCUT2D eigenvalue weighted by Gasteiger charge is -2.30. The molecule has 6 aromatic carbocycles. The van der Waals surface area contributed by atoms with Gasteiger partial charge in [-0.3, -0.25) is 0 Å². The summed E-state index contributed by atoms with van der Waals surface area (Å²) in [6.07, 6.45) is 0. The van der Waals surface area contributed by atoms with Crippen LogP contribution in [0, 0.1) is 0 Å². The first-order valence-electron chi connectivity index (χ1n) is 14.9. The zero-order valence-electron chi connectivity index (χ0n) is 23.6. The third-order valence-corrected chi connectivity index (χ3v) is 10.1. The van der Waals surface area contributed by atoms with E-state index in [4.69, 9.17) is 0 Å². The van der Waals surface area contributed by atoms with Gasteiger partial charge in [0.15, 0.2) is 0 Å². The molecule has 0 N–H and O–H groups in total. The Balaban J connectivity index is 1.43. The molecule has 8 aromatic rings. The molecule has 42 heavy (non-hydrogen) atoms. The Morgan fingerprint density at radius 1 is 0.500 bits per heavy atom. The monoisotopic (exact) mass is 534 g/mol. The second kappa shape index (κ2) is 7.63. The standard InChI is InChI=1S/C39H27BN2/c1-39(2)30-16-6-3-12-24(30)27-22-23-29-26-14-5-9-20-34(26)42(38(29)36(27)39)40-31-17-7-10-21-35(31)41-33-19-8-4-13-25(33)28-15-11-18-32(40)37(28)41/h3-23H,1-2H3. The predicted molar refractivity (Wildman–Crippen MR) is 178 cm³/mol. The molecular formula is C39H27BN2. The summed E-state index contributed by atoms with van der Waals surface area (Å²) in [4.78, 5) is 0. The molecule has 0 radical (unpaired) electrons. The fraction of sp³-hybridized carbons (Fsp3) is 0.0769. The van der Waals surface area contributed by atoms with Crippen LogP contribution in [0.4, 0.5) is 0 Å². The minimum atomic E-state index is -0.118. The zero-order chi connectivity index (χ0) is 27.7. The van der Waals surface area contributed by atoms with Crippen LogP contribution in [-0.4, -0.2) is 15.9 Å². The van der Waals surface area contributed by atoms with Crippen LogP contribution in [0.2, 0.25) is 0 Å². The molecule has 10 rings (SSSR count). The molecule has 3 heterocycles. The highest BCUT2D eigenvalue weighted by Crippen LogP contribution is 2.52. The number of aromatic nitrogens is 2. The Bertz CT molecular complexity index is 2460. The largest absolute Gasteiger partial charge is 0.376 e. The average molecular weight is 534 g/mol. The van der Waals surface area contributed by atoms with Crippen molar-refractivity contribution in [3.05, 3.63) is 139 Å². The third kappa shape index (κ3) is 2.55. The van der Waals surface area contributed by atoms with E-state index in [0.717, 1.165) is 0 Å². The van der Waals surface area contributed by atoms with E-state index in [1.54, 1.807) is 0 Å². The number of nitrogens with zero attached hydrogens (tertiary/aromatic N) is 2. The van der Waals surface area contributed by atoms with Crippen molar-refractivity contribution in [3.63, 3.8) is 0 Å². The number of benzene rings is 6. The van der Waals surface area contributed by atoms with Crippen LogP contribution in [0.5, 0.6) is 0 Å². The maximum Gasteiger partial charge on any atom is 0.332 e. The van der Waals surface area contributed by atoms with E-state index in [0.29, 0.717) is 0 Å². The van der Waals surface area contributed by atoms with Crippen LogP contribution >= 0.6 is 0 Å². The SMILES string of the molecule is CC1(C)c2ccccc2-c2ccc3c4ccccc4n(B4c5ccccc5-n5c6ccccc6c6cccc4c65)c3c21. The minimum absolute atomic E-state index is 0.0372. The van der Waals surface area contributed by atoms with Gasteiger partial charge in [0, 0.05) is 43.7 Å². The summed E-state index contributed by atoms with van der Waals surface area (Å²) in [7, 11) is 0. The molecule has 0 unspecified atom stereocenters. The molecule has 196 valence electrons. The van der Waals surface area contributed by atoms with E-state index in [-0.39, 0.29) is 12.3 Å². The quantitative estimate of drug-likeness (QED) is 0.188. The number of hydrogen-bond acceptors (Lipinski definition) is 0.